The molecule has 0 spiro atoms. The number of aliphatic carboxylic acids is 1. The van der Waals surface area contributed by atoms with E-state index in [1.54, 1.807) is 0 Å². The molecule has 16 heavy (non-hydrogen) atoms. The zero-order valence-electron chi connectivity index (χ0n) is 8.44. The molecule has 6 heteroatoms. The van der Waals surface area contributed by atoms with Crippen LogP contribution in [-0.2, 0) is 21.3 Å². The van der Waals surface area contributed by atoms with Gasteiger partial charge in [-0.05, 0) is 24.6 Å². The fourth-order valence-electron chi connectivity index (χ4n) is 1.03. The lowest BCUT2D eigenvalue weighted by Crippen LogP contribution is -2.22. The zero-order chi connectivity index (χ0) is 12.3. The Morgan fingerprint density at radius 1 is 1.62 bits per heavy atom. The van der Waals surface area contributed by atoms with Crippen molar-refractivity contribution in [3.63, 3.8) is 0 Å². The molecule has 0 radical (unpaired) electrons. The van der Waals surface area contributed by atoms with Gasteiger partial charge in [-0.25, -0.2) is 4.39 Å². The summed E-state index contributed by atoms with van der Waals surface area (Å²) in [6.07, 6.45) is 0. The summed E-state index contributed by atoms with van der Waals surface area (Å²) in [6.45, 7) is 1.36. The van der Waals surface area contributed by atoms with Gasteiger partial charge in [0.15, 0.2) is 0 Å². The molecule has 2 unspecified atom stereocenters. The third kappa shape index (κ3) is 3.28. The van der Waals surface area contributed by atoms with E-state index in [0.29, 0.717) is 5.56 Å². The molecule has 1 aromatic carbocycles. The van der Waals surface area contributed by atoms with Gasteiger partial charge in [0.1, 0.15) is 11.1 Å². The van der Waals surface area contributed by atoms with Crippen LogP contribution in [0.5, 0.6) is 0 Å². The molecule has 1 rings (SSSR count). The van der Waals surface area contributed by atoms with Crippen LogP contribution in [0.25, 0.3) is 0 Å². The second kappa shape index (κ2) is 5.41. The standard InChI is InChI=1S/C10H10ClFO3S/c1-6(10(13)14)16(15)5-7-2-3-8(12)4-9(7)11/h2-4,6H,5H2,1H3,(H,13,14). The van der Waals surface area contributed by atoms with Crippen LogP contribution in [-0.4, -0.2) is 20.5 Å². The van der Waals surface area contributed by atoms with Crippen molar-refractivity contribution in [2.24, 2.45) is 0 Å². The highest BCUT2D eigenvalue weighted by Crippen LogP contribution is 2.19. The first-order valence-corrected chi connectivity index (χ1v) is 6.21. The molecule has 0 aliphatic carbocycles. The van der Waals surface area contributed by atoms with E-state index in [9.17, 15) is 13.4 Å². The van der Waals surface area contributed by atoms with E-state index < -0.39 is 27.8 Å². The quantitative estimate of drug-likeness (QED) is 0.907. The molecule has 0 fully saturated rings. The third-order valence-electron chi connectivity index (χ3n) is 2.05. The maximum atomic E-state index is 12.7. The SMILES string of the molecule is CC(C(=O)O)S(=O)Cc1ccc(F)cc1Cl. The van der Waals surface area contributed by atoms with Crippen molar-refractivity contribution in [1.29, 1.82) is 0 Å². The summed E-state index contributed by atoms with van der Waals surface area (Å²) < 4.78 is 24.3. The lowest BCUT2D eigenvalue weighted by molar-refractivity contribution is -0.136. The van der Waals surface area contributed by atoms with Gasteiger partial charge in [0.25, 0.3) is 0 Å². The van der Waals surface area contributed by atoms with Gasteiger partial charge in [-0.3, -0.25) is 9.00 Å². The molecule has 0 heterocycles. The van der Waals surface area contributed by atoms with E-state index in [-0.39, 0.29) is 10.8 Å². The number of carbonyl (C=O) groups is 1. The third-order valence-corrected chi connectivity index (χ3v) is 3.99. The number of benzene rings is 1. The minimum absolute atomic E-state index is 0.00653. The molecule has 0 aliphatic heterocycles. The first-order chi connectivity index (χ1) is 7.41. The number of carboxylic acids is 1. The van der Waals surface area contributed by atoms with Crippen LogP contribution in [0, 0.1) is 5.82 Å². The molecule has 2 atom stereocenters. The fraction of sp³-hybridized carbons (Fsp3) is 0.300. The highest BCUT2D eigenvalue weighted by atomic mass is 35.5. The molecule has 0 saturated heterocycles. The zero-order valence-corrected chi connectivity index (χ0v) is 10.0. The van der Waals surface area contributed by atoms with Gasteiger partial charge in [-0.1, -0.05) is 17.7 Å². The van der Waals surface area contributed by atoms with Crippen molar-refractivity contribution in [3.8, 4) is 0 Å². The molecular weight excluding hydrogens is 255 g/mol. The summed E-state index contributed by atoms with van der Waals surface area (Å²) >= 11 is 5.74. The monoisotopic (exact) mass is 264 g/mol. The van der Waals surface area contributed by atoms with E-state index in [1.165, 1.54) is 19.1 Å². The molecule has 1 N–H and O–H groups in total. The van der Waals surface area contributed by atoms with Crippen LogP contribution in [0.4, 0.5) is 4.39 Å². The predicted molar refractivity (Wildman–Crippen MR) is 60.4 cm³/mol. The van der Waals surface area contributed by atoms with E-state index >= 15 is 0 Å². The van der Waals surface area contributed by atoms with Gasteiger partial charge in [0, 0.05) is 15.8 Å². The molecular formula is C10H10ClFO3S. The molecule has 88 valence electrons. The minimum Gasteiger partial charge on any atom is -0.480 e. The van der Waals surface area contributed by atoms with Gasteiger partial charge in [0.2, 0.25) is 0 Å². The average molecular weight is 265 g/mol. The Morgan fingerprint density at radius 3 is 2.75 bits per heavy atom. The number of hydrogen-bond donors (Lipinski definition) is 1. The maximum Gasteiger partial charge on any atom is 0.318 e. The Balaban J connectivity index is 2.81. The van der Waals surface area contributed by atoms with Gasteiger partial charge >= 0.3 is 5.97 Å². The summed E-state index contributed by atoms with van der Waals surface area (Å²) in [6, 6.07) is 3.72. The number of carboxylic acid groups (broad SMARTS) is 1. The predicted octanol–water partition coefficient (Wildman–Crippen LogP) is 2.20. The Labute approximate surface area is 99.7 Å². The van der Waals surface area contributed by atoms with Crippen LogP contribution in [0.15, 0.2) is 18.2 Å². The molecule has 3 nitrogen and oxygen atoms in total. The van der Waals surface area contributed by atoms with Crippen molar-refractivity contribution < 1.29 is 18.5 Å². The van der Waals surface area contributed by atoms with Crippen molar-refractivity contribution in [2.75, 3.05) is 0 Å². The minimum atomic E-state index is -1.57. The van der Waals surface area contributed by atoms with Crippen LogP contribution in [0.3, 0.4) is 0 Å². The normalized spacial score (nSPS) is 14.4. The molecule has 0 bridgehead atoms. The summed E-state index contributed by atoms with van der Waals surface area (Å²) in [7, 11) is -1.57. The Kier molecular flexibility index (Phi) is 4.44. The smallest absolute Gasteiger partial charge is 0.318 e. The van der Waals surface area contributed by atoms with Crippen molar-refractivity contribution in [2.45, 2.75) is 17.9 Å². The van der Waals surface area contributed by atoms with Crippen LogP contribution in [0.1, 0.15) is 12.5 Å². The van der Waals surface area contributed by atoms with Crippen LogP contribution in [0.2, 0.25) is 5.02 Å². The van der Waals surface area contributed by atoms with Gasteiger partial charge in [0.05, 0.1) is 5.75 Å². The molecule has 0 aromatic heterocycles. The fourth-order valence-corrected chi connectivity index (χ4v) is 2.38. The summed E-state index contributed by atoms with van der Waals surface area (Å²) in [5.41, 5.74) is 0.481. The van der Waals surface area contributed by atoms with Gasteiger partial charge < -0.3 is 5.11 Å². The van der Waals surface area contributed by atoms with E-state index in [1.807, 2.05) is 0 Å². The van der Waals surface area contributed by atoms with Gasteiger partial charge in [-0.15, -0.1) is 0 Å². The lowest BCUT2D eigenvalue weighted by Gasteiger charge is -2.07. The van der Waals surface area contributed by atoms with E-state index in [0.717, 1.165) is 6.07 Å². The Morgan fingerprint density at radius 2 is 2.25 bits per heavy atom. The van der Waals surface area contributed by atoms with E-state index in [4.69, 9.17) is 16.7 Å². The second-order valence-electron chi connectivity index (χ2n) is 3.24. The van der Waals surface area contributed by atoms with Crippen LogP contribution >= 0.6 is 11.6 Å². The second-order valence-corrected chi connectivity index (χ2v) is 5.41. The molecule has 0 saturated carbocycles. The van der Waals surface area contributed by atoms with Crippen molar-refractivity contribution in [3.05, 3.63) is 34.6 Å². The molecule has 0 aliphatic rings. The Bertz CT molecular complexity index is 436. The summed E-state index contributed by atoms with van der Waals surface area (Å²) in [5.74, 6) is -1.60. The topological polar surface area (TPSA) is 54.4 Å². The van der Waals surface area contributed by atoms with Gasteiger partial charge in [-0.2, -0.15) is 0 Å². The summed E-state index contributed by atoms with van der Waals surface area (Å²) in [4.78, 5) is 10.6. The van der Waals surface area contributed by atoms with Crippen molar-refractivity contribution in [1.82, 2.24) is 0 Å². The largest absolute Gasteiger partial charge is 0.480 e. The summed E-state index contributed by atoms with van der Waals surface area (Å²) in [5, 5.41) is 7.84. The maximum absolute atomic E-state index is 12.7. The molecule has 0 amide bonds. The highest BCUT2D eigenvalue weighted by Gasteiger charge is 2.19. The lowest BCUT2D eigenvalue weighted by atomic mass is 10.2. The number of rotatable bonds is 4. The first kappa shape index (κ1) is 13.1. The number of halogens is 2. The van der Waals surface area contributed by atoms with Crippen LogP contribution < -0.4 is 0 Å². The number of hydrogen-bond acceptors (Lipinski definition) is 2. The Hall–Kier alpha value is -0.940. The van der Waals surface area contributed by atoms with Crippen molar-refractivity contribution >= 4 is 28.4 Å². The van der Waals surface area contributed by atoms with E-state index in [2.05, 4.69) is 0 Å². The average Bonchev–Trinajstić information content (AvgIpc) is 2.20. The molecule has 1 aromatic rings. The highest BCUT2D eigenvalue weighted by molar-refractivity contribution is 7.85. The first-order valence-electron chi connectivity index (χ1n) is 4.45.